The molecule has 1 saturated heterocycles. The summed E-state index contributed by atoms with van der Waals surface area (Å²) in [6.07, 6.45) is 0. The fourth-order valence-electron chi connectivity index (χ4n) is 2.17. The second-order valence-corrected chi connectivity index (χ2v) is 6.04. The van der Waals surface area contributed by atoms with E-state index in [2.05, 4.69) is 0 Å². The van der Waals surface area contributed by atoms with Crippen molar-refractivity contribution in [2.45, 2.75) is 40.2 Å². The highest BCUT2D eigenvalue weighted by Crippen LogP contribution is 2.40. The fraction of sp³-hybridized carbons (Fsp3) is 0.833. The summed E-state index contributed by atoms with van der Waals surface area (Å²) < 4.78 is 4.71. The number of hydrogen-bond donors (Lipinski definition) is 0. The molecule has 0 aliphatic carbocycles. The van der Waals surface area contributed by atoms with Gasteiger partial charge in [0.15, 0.2) is 0 Å². The first-order valence-electron chi connectivity index (χ1n) is 5.50. The number of carbonyl (C=O) groups excluding carboxylic acids is 2. The summed E-state index contributed by atoms with van der Waals surface area (Å²) in [7, 11) is 1.32. The van der Waals surface area contributed by atoms with Crippen LogP contribution in [-0.4, -0.2) is 36.0 Å². The Bertz CT molecular complexity index is 315. The van der Waals surface area contributed by atoms with Gasteiger partial charge in [0.2, 0.25) is 5.91 Å². The van der Waals surface area contributed by atoms with Gasteiger partial charge in [0.05, 0.1) is 7.11 Å². The van der Waals surface area contributed by atoms with Gasteiger partial charge in [-0.2, -0.15) is 0 Å². The largest absolute Gasteiger partial charge is 0.468 e. The van der Waals surface area contributed by atoms with E-state index in [-0.39, 0.29) is 16.9 Å². The van der Waals surface area contributed by atoms with Crippen LogP contribution in [0.2, 0.25) is 0 Å². The normalized spacial score (nSPS) is 24.8. The van der Waals surface area contributed by atoms with E-state index >= 15 is 0 Å². The Kier molecular flexibility index (Phi) is 3.05. The predicted octanol–water partition coefficient (Wildman–Crippen LogP) is 1.44. The van der Waals surface area contributed by atoms with Crippen LogP contribution in [0.1, 0.15) is 34.6 Å². The maximum Gasteiger partial charge on any atom is 0.318 e. The summed E-state index contributed by atoms with van der Waals surface area (Å²) >= 11 is 0. The molecular formula is C12H21NO3. The Labute approximate surface area is 96.9 Å². The zero-order chi connectivity index (χ0) is 12.7. The van der Waals surface area contributed by atoms with E-state index in [4.69, 9.17) is 4.74 Å². The Hall–Kier alpha value is -1.06. The van der Waals surface area contributed by atoms with Crippen molar-refractivity contribution in [2.24, 2.45) is 11.3 Å². The summed E-state index contributed by atoms with van der Waals surface area (Å²) in [5, 5.41) is 0. The molecule has 4 heteroatoms. The lowest BCUT2D eigenvalue weighted by molar-refractivity contribution is -0.153. The molecule has 0 saturated carbocycles. The topological polar surface area (TPSA) is 46.6 Å². The molecule has 1 heterocycles. The Balaban J connectivity index is 3.05. The summed E-state index contributed by atoms with van der Waals surface area (Å²) in [5.74, 6) is -1.22. The van der Waals surface area contributed by atoms with Gasteiger partial charge in [-0.3, -0.25) is 9.59 Å². The highest BCUT2D eigenvalue weighted by molar-refractivity contribution is 6.00. The third-order valence-electron chi connectivity index (χ3n) is 3.11. The molecule has 4 nitrogen and oxygen atoms in total. The maximum atomic E-state index is 12.2. The standard InChI is InChI=1S/C12H21NO3/c1-11(2,3)13-7-12(4,5)8(9(13)14)10(15)16-6/h8H,7H2,1-6H3. The van der Waals surface area contributed by atoms with Crippen LogP contribution in [0.4, 0.5) is 0 Å². The van der Waals surface area contributed by atoms with E-state index in [1.807, 2.05) is 34.6 Å². The monoisotopic (exact) mass is 227 g/mol. The van der Waals surface area contributed by atoms with E-state index in [1.165, 1.54) is 7.11 Å². The number of hydrogen-bond acceptors (Lipinski definition) is 3. The Morgan fingerprint density at radius 3 is 2.25 bits per heavy atom. The molecule has 1 rings (SSSR count). The molecule has 0 aromatic carbocycles. The SMILES string of the molecule is COC(=O)C1C(=O)N(C(C)(C)C)CC1(C)C. The summed E-state index contributed by atoms with van der Waals surface area (Å²) in [5.41, 5.74) is -0.616. The number of amides is 1. The van der Waals surface area contributed by atoms with Crippen molar-refractivity contribution in [3.8, 4) is 0 Å². The van der Waals surface area contributed by atoms with Crippen molar-refractivity contribution < 1.29 is 14.3 Å². The summed E-state index contributed by atoms with van der Waals surface area (Å²) in [6, 6.07) is 0. The van der Waals surface area contributed by atoms with Crippen molar-refractivity contribution in [3.05, 3.63) is 0 Å². The minimum Gasteiger partial charge on any atom is -0.468 e. The second kappa shape index (κ2) is 3.75. The fourth-order valence-corrected chi connectivity index (χ4v) is 2.17. The second-order valence-electron chi connectivity index (χ2n) is 6.04. The zero-order valence-corrected chi connectivity index (χ0v) is 11.0. The molecule has 16 heavy (non-hydrogen) atoms. The van der Waals surface area contributed by atoms with Gasteiger partial charge in [-0.05, 0) is 20.8 Å². The third-order valence-corrected chi connectivity index (χ3v) is 3.11. The van der Waals surface area contributed by atoms with Gasteiger partial charge in [0.1, 0.15) is 5.92 Å². The van der Waals surface area contributed by atoms with Crippen molar-refractivity contribution in [1.29, 1.82) is 0 Å². The predicted molar refractivity (Wildman–Crippen MR) is 60.8 cm³/mol. The number of rotatable bonds is 1. The maximum absolute atomic E-state index is 12.2. The van der Waals surface area contributed by atoms with Crippen molar-refractivity contribution >= 4 is 11.9 Å². The first-order valence-corrected chi connectivity index (χ1v) is 5.50. The van der Waals surface area contributed by atoms with E-state index in [0.29, 0.717) is 6.54 Å². The lowest BCUT2D eigenvalue weighted by Crippen LogP contribution is -2.44. The molecule has 1 amide bonds. The molecule has 1 unspecified atom stereocenters. The third kappa shape index (κ3) is 2.06. The van der Waals surface area contributed by atoms with Gasteiger partial charge in [-0.25, -0.2) is 0 Å². The number of carbonyl (C=O) groups is 2. The van der Waals surface area contributed by atoms with Crippen LogP contribution in [0.25, 0.3) is 0 Å². The summed E-state index contributed by atoms with van der Waals surface area (Å²) in [4.78, 5) is 25.6. The first kappa shape index (κ1) is 13.0. The van der Waals surface area contributed by atoms with Crippen LogP contribution in [0, 0.1) is 11.3 Å². The average molecular weight is 227 g/mol. The molecule has 0 N–H and O–H groups in total. The minimum absolute atomic E-state index is 0.121. The molecule has 0 aromatic rings. The van der Waals surface area contributed by atoms with Gasteiger partial charge in [0.25, 0.3) is 0 Å². The number of methoxy groups -OCH3 is 1. The minimum atomic E-state index is -0.670. The van der Waals surface area contributed by atoms with E-state index in [1.54, 1.807) is 4.90 Å². The Morgan fingerprint density at radius 2 is 1.94 bits per heavy atom. The van der Waals surface area contributed by atoms with Gasteiger partial charge in [-0.15, -0.1) is 0 Å². The van der Waals surface area contributed by atoms with Crippen LogP contribution < -0.4 is 0 Å². The molecule has 0 bridgehead atoms. The first-order chi connectivity index (χ1) is 7.11. The smallest absolute Gasteiger partial charge is 0.318 e. The van der Waals surface area contributed by atoms with Crippen molar-refractivity contribution in [1.82, 2.24) is 4.90 Å². The average Bonchev–Trinajstić information content (AvgIpc) is 2.35. The molecule has 1 aliphatic rings. The van der Waals surface area contributed by atoms with Crippen LogP contribution in [0.5, 0.6) is 0 Å². The van der Waals surface area contributed by atoms with E-state index in [0.717, 1.165) is 0 Å². The number of likely N-dealkylation sites (tertiary alicyclic amines) is 1. The molecule has 0 aromatic heterocycles. The van der Waals surface area contributed by atoms with Gasteiger partial charge < -0.3 is 9.64 Å². The molecule has 1 aliphatic heterocycles. The van der Waals surface area contributed by atoms with Gasteiger partial charge in [-0.1, -0.05) is 13.8 Å². The molecule has 92 valence electrons. The van der Waals surface area contributed by atoms with Gasteiger partial charge in [0, 0.05) is 17.5 Å². The molecule has 0 radical (unpaired) electrons. The number of esters is 1. The lowest BCUT2D eigenvalue weighted by atomic mass is 9.82. The van der Waals surface area contributed by atoms with Crippen LogP contribution in [-0.2, 0) is 14.3 Å². The Morgan fingerprint density at radius 1 is 1.44 bits per heavy atom. The zero-order valence-electron chi connectivity index (χ0n) is 11.0. The van der Waals surface area contributed by atoms with Crippen molar-refractivity contribution in [2.75, 3.05) is 13.7 Å². The number of nitrogens with zero attached hydrogens (tertiary/aromatic N) is 1. The number of ether oxygens (including phenoxy) is 1. The van der Waals surface area contributed by atoms with E-state index < -0.39 is 11.9 Å². The molecule has 0 spiro atoms. The quantitative estimate of drug-likeness (QED) is 0.503. The lowest BCUT2D eigenvalue weighted by Gasteiger charge is -2.32. The highest BCUT2D eigenvalue weighted by Gasteiger charge is 2.53. The highest BCUT2D eigenvalue weighted by atomic mass is 16.5. The van der Waals surface area contributed by atoms with Crippen LogP contribution in [0.15, 0.2) is 0 Å². The van der Waals surface area contributed by atoms with Crippen LogP contribution >= 0.6 is 0 Å². The van der Waals surface area contributed by atoms with Gasteiger partial charge >= 0.3 is 5.97 Å². The van der Waals surface area contributed by atoms with E-state index in [9.17, 15) is 9.59 Å². The molecular weight excluding hydrogens is 206 g/mol. The summed E-state index contributed by atoms with van der Waals surface area (Å²) in [6.45, 7) is 10.4. The molecule has 1 atom stereocenters. The van der Waals surface area contributed by atoms with Crippen molar-refractivity contribution in [3.63, 3.8) is 0 Å². The van der Waals surface area contributed by atoms with Crippen LogP contribution in [0.3, 0.4) is 0 Å². The molecule has 1 fully saturated rings.